The van der Waals surface area contributed by atoms with Crippen molar-refractivity contribution in [2.45, 2.75) is 32.7 Å². The molecule has 0 saturated carbocycles. The maximum atomic E-state index is 11.9. The maximum absolute atomic E-state index is 11.9. The van der Waals surface area contributed by atoms with Gasteiger partial charge in [-0.3, -0.25) is 4.79 Å². The minimum absolute atomic E-state index is 0.00109. The number of amides is 1. The third-order valence-electron chi connectivity index (χ3n) is 2.96. The number of carbonyl (C=O) groups is 1. The third kappa shape index (κ3) is 4.78. The highest BCUT2D eigenvalue weighted by Gasteiger charge is 2.16. The molecule has 4 heteroatoms. The first-order valence-electron chi connectivity index (χ1n) is 6.22. The van der Waals surface area contributed by atoms with Gasteiger partial charge >= 0.3 is 0 Å². The van der Waals surface area contributed by atoms with Crippen molar-refractivity contribution < 1.29 is 9.90 Å². The Kier molecular flexibility index (Phi) is 6.36. The van der Waals surface area contributed by atoms with E-state index in [0.29, 0.717) is 6.42 Å². The fraction of sp³-hybridized carbons (Fsp3) is 0.500. The topological polar surface area (TPSA) is 49.3 Å². The smallest absolute Gasteiger partial charge is 0.223 e. The molecule has 1 aromatic carbocycles. The van der Waals surface area contributed by atoms with Crippen LogP contribution < -0.4 is 5.32 Å². The molecule has 0 bridgehead atoms. The summed E-state index contributed by atoms with van der Waals surface area (Å²) in [6.07, 6.45) is 1.45. The summed E-state index contributed by atoms with van der Waals surface area (Å²) >= 11 is 3.38. The summed E-state index contributed by atoms with van der Waals surface area (Å²) in [7, 11) is 0. The predicted octanol–water partition coefficient (Wildman–Crippen LogP) is 2.51. The van der Waals surface area contributed by atoms with Gasteiger partial charge in [0, 0.05) is 10.4 Å². The fourth-order valence-electron chi connectivity index (χ4n) is 1.69. The number of hydrogen-bond donors (Lipinski definition) is 2. The second kappa shape index (κ2) is 7.54. The van der Waals surface area contributed by atoms with Crippen molar-refractivity contribution in [2.24, 2.45) is 5.92 Å². The molecule has 0 aromatic heterocycles. The standard InChI is InChI=1S/C14H20BrNO2/c1-3-13(9-17)16-14(18)10(2)8-11-4-6-12(15)7-5-11/h4-7,10,13,17H,3,8-9H2,1-2H3,(H,16,18). The van der Waals surface area contributed by atoms with Crippen molar-refractivity contribution in [2.75, 3.05) is 6.61 Å². The van der Waals surface area contributed by atoms with Crippen LogP contribution in [-0.4, -0.2) is 23.7 Å². The Morgan fingerprint density at radius 1 is 1.39 bits per heavy atom. The molecule has 0 fully saturated rings. The van der Waals surface area contributed by atoms with E-state index in [9.17, 15) is 4.79 Å². The third-order valence-corrected chi connectivity index (χ3v) is 3.49. The Hall–Kier alpha value is -0.870. The van der Waals surface area contributed by atoms with E-state index in [4.69, 9.17) is 5.11 Å². The largest absolute Gasteiger partial charge is 0.394 e. The Balaban J connectivity index is 2.51. The van der Waals surface area contributed by atoms with Crippen LogP contribution in [0.15, 0.2) is 28.7 Å². The van der Waals surface area contributed by atoms with Gasteiger partial charge in [0.1, 0.15) is 0 Å². The lowest BCUT2D eigenvalue weighted by Crippen LogP contribution is -2.40. The first-order valence-corrected chi connectivity index (χ1v) is 7.01. The van der Waals surface area contributed by atoms with Gasteiger partial charge in [-0.05, 0) is 30.5 Å². The van der Waals surface area contributed by atoms with Gasteiger partial charge in [0.2, 0.25) is 5.91 Å². The van der Waals surface area contributed by atoms with Crippen LogP contribution in [-0.2, 0) is 11.2 Å². The molecular weight excluding hydrogens is 294 g/mol. The molecule has 0 heterocycles. The van der Waals surface area contributed by atoms with Gasteiger partial charge in [-0.1, -0.05) is 41.9 Å². The number of halogens is 1. The molecule has 1 rings (SSSR count). The van der Waals surface area contributed by atoms with Crippen LogP contribution >= 0.6 is 15.9 Å². The first kappa shape index (κ1) is 15.2. The van der Waals surface area contributed by atoms with Gasteiger partial charge in [-0.2, -0.15) is 0 Å². The van der Waals surface area contributed by atoms with Crippen molar-refractivity contribution >= 4 is 21.8 Å². The number of aliphatic hydroxyl groups is 1. The van der Waals surface area contributed by atoms with Gasteiger partial charge < -0.3 is 10.4 Å². The van der Waals surface area contributed by atoms with Gasteiger partial charge in [-0.15, -0.1) is 0 Å². The van der Waals surface area contributed by atoms with Gasteiger partial charge in [0.15, 0.2) is 0 Å². The number of rotatable bonds is 6. The fourth-order valence-corrected chi connectivity index (χ4v) is 1.95. The molecule has 0 spiro atoms. The molecule has 1 aromatic rings. The molecule has 100 valence electrons. The molecule has 1 amide bonds. The van der Waals surface area contributed by atoms with Crippen molar-refractivity contribution in [1.29, 1.82) is 0 Å². The van der Waals surface area contributed by atoms with Crippen LogP contribution in [0.2, 0.25) is 0 Å². The molecule has 0 aliphatic heterocycles. The van der Waals surface area contributed by atoms with Crippen LogP contribution in [0.25, 0.3) is 0 Å². The highest BCUT2D eigenvalue weighted by molar-refractivity contribution is 9.10. The molecule has 2 atom stereocenters. The van der Waals surface area contributed by atoms with Crippen LogP contribution in [0.4, 0.5) is 0 Å². The lowest BCUT2D eigenvalue weighted by Gasteiger charge is -2.18. The van der Waals surface area contributed by atoms with E-state index in [0.717, 1.165) is 16.5 Å². The highest BCUT2D eigenvalue weighted by atomic mass is 79.9. The SMILES string of the molecule is CCC(CO)NC(=O)C(C)Cc1ccc(Br)cc1. The zero-order chi connectivity index (χ0) is 13.5. The highest BCUT2D eigenvalue weighted by Crippen LogP contribution is 2.14. The Bertz CT molecular complexity index is 374. The zero-order valence-corrected chi connectivity index (χ0v) is 12.4. The molecule has 0 saturated heterocycles. The normalized spacial score (nSPS) is 14.0. The summed E-state index contributed by atoms with van der Waals surface area (Å²) in [4.78, 5) is 11.9. The zero-order valence-electron chi connectivity index (χ0n) is 10.8. The van der Waals surface area contributed by atoms with Crippen LogP contribution in [0, 0.1) is 5.92 Å². The van der Waals surface area contributed by atoms with Crippen molar-refractivity contribution in [3.05, 3.63) is 34.3 Å². The van der Waals surface area contributed by atoms with Gasteiger partial charge in [-0.25, -0.2) is 0 Å². The Morgan fingerprint density at radius 3 is 2.50 bits per heavy atom. The number of aliphatic hydroxyl groups excluding tert-OH is 1. The summed E-state index contributed by atoms with van der Waals surface area (Å²) in [5.41, 5.74) is 1.14. The van der Waals surface area contributed by atoms with E-state index in [1.165, 1.54) is 0 Å². The summed E-state index contributed by atoms with van der Waals surface area (Å²) in [5.74, 6) is -0.0920. The molecule has 0 radical (unpaired) electrons. The van der Waals surface area contributed by atoms with Crippen LogP contribution in [0.3, 0.4) is 0 Å². The molecule has 18 heavy (non-hydrogen) atoms. The monoisotopic (exact) mass is 313 g/mol. The second-order valence-corrected chi connectivity index (χ2v) is 5.44. The summed E-state index contributed by atoms with van der Waals surface area (Å²) in [6.45, 7) is 3.84. The number of benzene rings is 1. The van der Waals surface area contributed by atoms with E-state index in [-0.39, 0.29) is 24.5 Å². The van der Waals surface area contributed by atoms with E-state index in [2.05, 4.69) is 21.2 Å². The minimum Gasteiger partial charge on any atom is -0.394 e. The quantitative estimate of drug-likeness (QED) is 0.848. The van der Waals surface area contributed by atoms with Crippen molar-refractivity contribution in [1.82, 2.24) is 5.32 Å². The second-order valence-electron chi connectivity index (χ2n) is 4.53. The van der Waals surface area contributed by atoms with E-state index >= 15 is 0 Å². The summed E-state index contributed by atoms with van der Waals surface area (Å²) in [5, 5.41) is 11.9. The average Bonchev–Trinajstić information content (AvgIpc) is 2.38. The van der Waals surface area contributed by atoms with E-state index < -0.39 is 0 Å². The first-order chi connectivity index (χ1) is 8.56. The summed E-state index contributed by atoms with van der Waals surface area (Å²) < 4.78 is 1.04. The average molecular weight is 314 g/mol. The molecule has 3 nitrogen and oxygen atoms in total. The van der Waals surface area contributed by atoms with Gasteiger partial charge in [0.25, 0.3) is 0 Å². The van der Waals surface area contributed by atoms with Gasteiger partial charge in [0.05, 0.1) is 12.6 Å². The maximum Gasteiger partial charge on any atom is 0.223 e. The molecule has 0 aliphatic rings. The Morgan fingerprint density at radius 2 is 2.00 bits per heavy atom. The minimum atomic E-state index is -0.134. The predicted molar refractivity (Wildman–Crippen MR) is 76.3 cm³/mol. The van der Waals surface area contributed by atoms with Crippen molar-refractivity contribution in [3.8, 4) is 0 Å². The lowest BCUT2D eigenvalue weighted by atomic mass is 10.00. The van der Waals surface area contributed by atoms with Crippen LogP contribution in [0.5, 0.6) is 0 Å². The van der Waals surface area contributed by atoms with E-state index in [1.54, 1.807) is 0 Å². The molecular formula is C14H20BrNO2. The molecule has 0 aliphatic carbocycles. The summed E-state index contributed by atoms with van der Waals surface area (Å²) in [6, 6.07) is 7.84. The number of hydrogen-bond acceptors (Lipinski definition) is 2. The molecule has 2 unspecified atom stereocenters. The number of carbonyl (C=O) groups excluding carboxylic acids is 1. The van der Waals surface area contributed by atoms with Crippen molar-refractivity contribution in [3.63, 3.8) is 0 Å². The number of nitrogens with one attached hydrogen (secondary N) is 1. The van der Waals surface area contributed by atoms with E-state index in [1.807, 2.05) is 38.1 Å². The molecule has 2 N–H and O–H groups in total. The lowest BCUT2D eigenvalue weighted by molar-refractivity contribution is -0.125. The van der Waals surface area contributed by atoms with Crippen LogP contribution in [0.1, 0.15) is 25.8 Å². The Labute approximate surface area is 117 Å².